The number of benzene rings is 1. The molecule has 4 aromatic rings. The highest BCUT2D eigenvalue weighted by Crippen LogP contribution is 2.38. The smallest absolute Gasteiger partial charge is 0.229 e. The first kappa shape index (κ1) is 29.8. The molecule has 0 fully saturated rings. The zero-order chi connectivity index (χ0) is 30.0. The van der Waals surface area contributed by atoms with Crippen molar-refractivity contribution < 1.29 is 14.0 Å². The highest BCUT2D eigenvalue weighted by atomic mass is 28.4. The maximum absolute atomic E-state index is 13.6. The van der Waals surface area contributed by atoms with E-state index in [0.29, 0.717) is 40.1 Å². The Morgan fingerprint density at radius 2 is 1.73 bits per heavy atom. The van der Waals surface area contributed by atoms with Gasteiger partial charge in [0.1, 0.15) is 17.8 Å². The number of nitrogens with zero attached hydrogens (tertiary/aromatic N) is 5. The summed E-state index contributed by atoms with van der Waals surface area (Å²) in [6.45, 7) is 15.7. The van der Waals surface area contributed by atoms with Crippen molar-refractivity contribution in [3.05, 3.63) is 83.6 Å². The van der Waals surface area contributed by atoms with Crippen molar-refractivity contribution in [1.82, 2.24) is 19.5 Å². The molecule has 0 saturated heterocycles. The predicted octanol–water partition coefficient (Wildman–Crippen LogP) is 5.87. The molecule has 0 aliphatic carbocycles. The van der Waals surface area contributed by atoms with Crippen molar-refractivity contribution in [1.29, 1.82) is 5.26 Å². The van der Waals surface area contributed by atoms with Crippen molar-refractivity contribution in [2.45, 2.75) is 64.7 Å². The van der Waals surface area contributed by atoms with Gasteiger partial charge in [-0.2, -0.15) is 5.26 Å². The maximum atomic E-state index is 13.6. The van der Waals surface area contributed by atoms with Crippen LogP contribution in [-0.2, 0) is 21.2 Å². The van der Waals surface area contributed by atoms with Crippen LogP contribution in [0.2, 0.25) is 18.1 Å². The van der Waals surface area contributed by atoms with Gasteiger partial charge in [0.2, 0.25) is 5.91 Å². The second kappa shape index (κ2) is 11.3. The molecule has 0 saturated carbocycles. The molecule has 9 nitrogen and oxygen atoms in total. The number of carbonyl (C=O) groups excluding carboxylic acids is 2. The fourth-order valence-electron chi connectivity index (χ4n) is 4.08. The lowest BCUT2D eigenvalue weighted by Crippen LogP contribution is -2.45. The lowest BCUT2D eigenvalue weighted by atomic mass is 10.1. The molecule has 1 N–H and O–H groups in total. The molecule has 3 aromatic heterocycles. The third kappa shape index (κ3) is 6.59. The van der Waals surface area contributed by atoms with Crippen LogP contribution >= 0.6 is 0 Å². The van der Waals surface area contributed by atoms with Gasteiger partial charge in [-0.1, -0.05) is 32.9 Å². The first-order valence-corrected chi connectivity index (χ1v) is 16.4. The number of hydrogen-bond donors (Lipinski definition) is 1. The van der Waals surface area contributed by atoms with E-state index in [1.807, 2.05) is 10.8 Å². The number of nitriles is 1. The number of carbonyl (C=O) groups is 2. The Morgan fingerprint density at radius 3 is 2.34 bits per heavy atom. The Morgan fingerprint density at radius 1 is 1.02 bits per heavy atom. The van der Waals surface area contributed by atoms with E-state index in [1.54, 1.807) is 42.6 Å². The Bertz CT molecular complexity index is 1610. The van der Waals surface area contributed by atoms with Gasteiger partial charge in [0.15, 0.2) is 14.1 Å². The van der Waals surface area contributed by atoms with Crippen LogP contribution in [0, 0.1) is 11.3 Å². The van der Waals surface area contributed by atoms with E-state index in [9.17, 15) is 9.59 Å². The largest absolute Gasteiger partial charge is 0.414 e. The molecule has 0 unspecified atom stereocenters. The maximum Gasteiger partial charge on any atom is 0.229 e. The number of nitrogens with one attached hydrogen (secondary N) is 1. The first-order chi connectivity index (χ1) is 19.2. The second-order valence-corrected chi connectivity index (χ2v) is 17.1. The SMILES string of the molecule is CC(C)(CO[Si](C)(C)C(C)(C)C)n1cc(C(=O)c2ccc(NC(=O)Cc3ccc(C#N)cc3)nc2)c2cncnc21. The van der Waals surface area contributed by atoms with Crippen LogP contribution in [0.25, 0.3) is 11.0 Å². The van der Waals surface area contributed by atoms with Crippen LogP contribution in [0.4, 0.5) is 5.82 Å². The quantitative estimate of drug-likeness (QED) is 0.198. The summed E-state index contributed by atoms with van der Waals surface area (Å²) in [5, 5.41) is 12.4. The third-order valence-corrected chi connectivity index (χ3v) is 12.2. The number of rotatable bonds is 9. The van der Waals surface area contributed by atoms with Gasteiger partial charge in [0, 0.05) is 29.5 Å². The number of anilines is 1. The molecule has 3 heterocycles. The first-order valence-electron chi connectivity index (χ1n) is 13.5. The van der Waals surface area contributed by atoms with Gasteiger partial charge in [-0.25, -0.2) is 15.0 Å². The van der Waals surface area contributed by atoms with E-state index < -0.39 is 13.9 Å². The molecule has 212 valence electrons. The normalized spacial score (nSPS) is 12.2. The number of fused-ring (bicyclic) bond motifs is 1. The molecule has 41 heavy (non-hydrogen) atoms. The molecule has 1 amide bonds. The standard InChI is InChI=1S/C31H36N6O3Si/c1-30(2,3)41(6,7)40-19-31(4,5)37-18-25(24-17-33-20-35-29(24)37)28(39)23-12-13-26(34-16-23)36-27(38)14-21-8-10-22(15-32)11-9-21/h8-13,16-18,20H,14,19H2,1-7H3,(H,34,36,38). The Hall–Kier alpha value is -4.20. The summed E-state index contributed by atoms with van der Waals surface area (Å²) in [5.74, 6) is -0.119. The zero-order valence-corrected chi connectivity index (χ0v) is 25.6. The average Bonchev–Trinajstić information content (AvgIpc) is 3.33. The molecule has 0 spiro atoms. The van der Waals surface area contributed by atoms with E-state index >= 15 is 0 Å². The van der Waals surface area contributed by atoms with Crippen LogP contribution in [0.1, 0.15) is 61.7 Å². The fourth-order valence-corrected chi connectivity index (χ4v) is 5.22. The third-order valence-electron chi connectivity index (χ3n) is 7.70. The lowest BCUT2D eigenvalue weighted by Gasteiger charge is -2.39. The lowest BCUT2D eigenvalue weighted by molar-refractivity contribution is -0.115. The summed E-state index contributed by atoms with van der Waals surface area (Å²) in [6.07, 6.45) is 6.56. The number of pyridine rings is 1. The van der Waals surface area contributed by atoms with Crippen LogP contribution in [0.3, 0.4) is 0 Å². The van der Waals surface area contributed by atoms with E-state index in [2.05, 4.69) is 74.1 Å². The van der Waals surface area contributed by atoms with Crippen molar-refractivity contribution in [2.24, 2.45) is 0 Å². The number of ketones is 1. The van der Waals surface area contributed by atoms with Crippen molar-refractivity contribution in [3.63, 3.8) is 0 Å². The highest BCUT2D eigenvalue weighted by molar-refractivity contribution is 6.74. The topological polar surface area (TPSA) is 123 Å². The van der Waals surface area contributed by atoms with Crippen molar-refractivity contribution >= 4 is 36.9 Å². The predicted molar refractivity (Wildman–Crippen MR) is 161 cm³/mol. The van der Waals surface area contributed by atoms with Gasteiger partial charge in [0.05, 0.1) is 35.8 Å². The Balaban J connectivity index is 1.52. The molecule has 0 radical (unpaired) electrons. The van der Waals surface area contributed by atoms with Crippen molar-refractivity contribution in [2.75, 3.05) is 11.9 Å². The van der Waals surface area contributed by atoms with E-state index in [-0.39, 0.29) is 23.1 Å². The summed E-state index contributed by atoms with van der Waals surface area (Å²) < 4.78 is 8.54. The molecule has 0 aliphatic rings. The second-order valence-electron chi connectivity index (χ2n) is 12.3. The van der Waals surface area contributed by atoms with E-state index in [4.69, 9.17) is 9.69 Å². The minimum absolute atomic E-state index is 0.0768. The van der Waals surface area contributed by atoms with E-state index in [0.717, 1.165) is 5.56 Å². The molecular formula is C31H36N6O3Si. The van der Waals surface area contributed by atoms with Crippen LogP contribution in [0.15, 0.2) is 61.3 Å². The Kier molecular flexibility index (Phi) is 8.24. The average molecular weight is 569 g/mol. The molecule has 0 bridgehead atoms. The number of hydrogen-bond acceptors (Lipinski definition) is 7. The molecule has 4 rings (SSSR count). The van der Waals surface area contributed by atoms with Crippen molar-refractivity contribution in [3.8, 4) is 6.07 Å². The van der Waals surface area contributed by atoms with Crippen LogP contribution in [0.5, 0.6) is 0 Å². The molecular weight excluding hydrogens is 532 g/mol. The summed E-state index contributed by atoms with van der Waals surface area (Å²) in [6, 6.07) is 12.1. The van der Waals surface area contributed by atoms with Gasteiger partial charge in [0.25, 0.3) is 0 Å². The van der Waals surface area contributed by atoms with Gasteiger partial charge in [-0.15, -0.1) is 0 Å². The van der Waals surface area contributed by atoms with Gasteiger partial charge < -0.3 is 14.3 Å². The van der Waals surface area contributed by atoms with Gasteiger partial charge in [-0.05, 0) is 61.8 Å². The zero-order valence-electron chi connectivity index (χ0n) is 24.6. The van der Waals surface area contributed by atoms with Gasteiger partial charge in [-0.3, -0.25) is 9.59 Å². The van der Waals surface area contributed by atoms with Gasteiger partial charge >= 0.3 is 0 Å². The Labute approximate surface area is 241 Å². The molecule has 10 heteroatoms. The summed E-state index contributed by atoms with van der Waals surface area (Å²) in [4.78, 5) is 39.1. The molecule has 1 aromatic carbocycles. The highest BCUT2D eigenvalue weighted by Gasteiger charge is 2.39. The minimum atomic E-state index is -1.99. The molecule has 0 aliphatic heterocycles. The summed E-state index contributed by atoms with van der Waals surface area (Å²) >= 11 is 0. The van der Waals surface area contributed by atoms with Crippen LogP contribution < -0.4 is 5.32 Å². The minimum Gasteiger partial charge on any atom is -0.414 e. The summed E-state index contributed by atoms with van der Waals surface area (Å²) in [5.41, 5.74) is 2.36. The fraction of sp³-hybridized carbons (Fsp3) is 0.355. The van der Waals surface area contributed by atoms with E-state index in [1.165, 1.54) is 12.5 Å². The monoisotopic (exact) mass is 568 g/mol. The molecule has 0 atom stereocenters. The number of amides is 1. The summed E-state index contributed by atoms with van der Waals surface area (Å²) in [7, 11) is -1.99. The number of aromatic nitrogens is 4. The van der Waals surface area contributed by atoms with Crippen LogP contribution in [-0.4, -0.2) is 46.1 Å².